The number of ether oxygens (including phenoxy) is 1. The third-order valence-electron chi connectivity index (χ3n) is 5.06. The fourth-order valence-electron chi connectivity index (χ4n) is 3.41. The number of hydrogen-bond acceptors (Lipinski definition) is 5. The normalized spacial score (nSPS) is 14.0. The van der Waals surface area contributed by atoms with Crippen LogP contribution in [-0.2, 0) is 6.54 Å². The van der Waals surface area contributed by atoms with E-state index < -0.39 is 0 Å². The second kappa shape index (κ2) is 10.2. The van der Waals surface area contributed by atoms with E-state index >= 15 is 0 Å². The number of aryl methyl sites for hydroxylation is 1. The molecule has 0 bridgehead atoms. The summed E-state index contributed by atoms with van der Waals surface area (Å²) in [5.41, 5.74) is 2.33. The number of carbonyl (C=O) groups excluding carboxylic acids is 1. The molecule has 1 aliphatic heterocycles. The van der Waals surface area contributed by atoms with Crippen LogP contribution >= 0.6 is 12.4 Å². The van der Waals surface area contributed by atoms with Crippen LogP contribution in [0, 0.1) is 6.92 Å². The molecule has 8 heteroatoms. The maximum Gasteiger partial charge on any atom is 0.273 e. The molecule has 0 radical (unpaired) electrons. The fourth-order valence-corrected chi connectivity index (χ4v) is 3.41. The summed E-state index contributed by atoms with van der Waals surface area (Å²) >= 11 is 0. The molecular weight excluding hydrogens is 402 g/mol. The Labute approximate surface area is 182 Å². The Kier molecular flexibility index (Phi) is 7.43. The lowest BCUT2D eigenvalue weighted by molar-refractivity contribution is 0.0945. The van der Waals surface area contributed by atoms with Crippen molar-refractivity contribution < 1.29 is 9.53 Å². The molecule has 2 heterocycles. The van der Waals surface area contributed by atoms with Gasteiger partial charge in [-0.05, 0) is 56.6 Å². The van der Waals surface area contributed by atoms with E-state index in [2.05, 4.69) is 20.9 Å². The minimum Gasteiger partial charge on any atom is -0.457 e. The molecular formula is C22H26ClN5O2. The van der Waals surface area contributed by atoms with Crippen molar-refractivity contribution in [1.29, 1.82) is 0 Å². The highest BCUT2D eigenvalue weighted by Crippen LogP contribution is 2.26. The maximum absolute atomic E-state index is 12.6. The first-order valence-electron chi connectivity index (χ1n) is 9.92. The van der Waals surface area contributed by atoms with E-state index in [1.807, 2.05) is 60.1 Å². The molecule has 0 saturated carbocycles. The highest BCUT2D eigenvalue weighted by atomic mass is 35.5. The largest absolute Gasteiger partial charge is 0.457 e. The Morgan fingerprint density at radius 3 is 2.73 bits per heavy atom. The summed E-state index contributed by atoms with van der Waals surface area (Å²) in [7, 11) is 0. The van der Waals surface area contributed by atoms with Crippen molar-refractivity contribution in [1.82, 2.24) is 25.6 Å². The fraction of sp³-hybridized carbons (Fsp3) is 0.318. The van der Waals surface area contributed by atoms with Crippen LogP contribution in [0.4, 0.5) is 0 Å². The molecule has 30 heavy (non-hydrogen) atoms. The monoisotopic (exact) mass is 427 g/mol. The van der Waals surface area contributed by atoms with Gasteiger partial charge in [0.15, 0.2) is 5.69 Å². The van der Waals surface area contributed by atoms with Crippen LogP contribution in [0.2, 0.25) is 0 Å². The second-order valence-electron chi connectivity index (χ2n) is 7.27. The molecule has 2 aromatic carbocycles. The smallest absolute Gasteiger partial charge is 0.273 e. The molecule has 1 aliphatic rings. The van der Waals surface area contributed by atoms with Crippen molar-refractivity contribution in [2.24, 2.45) is 0 Å². The molecule has 0 spiro atoms. The van der Waals surface area contributed by atoms with E-state index in [0.29, 0.717) is 18.3 Å². The van der Waals surface area contributed by atoms with Crippen molar-refractivity contribution in [3.63, 3.8) is 0 Å². The summed E-state index contributed by atoms with van der Waals surface area (Å²) in [6, 6.07) is 15.9. The molecule has 0 unspecified atom stereocenters. The molecule has 0 aliphatic carbocycles. The molecule has 3 aromatic rings. The van der Waals surface area contributed by atoms with Crippen LogP contribution in [-0.4, -0.2) is 34.0 Å². The molecule has 1 amide bonds. The van der Waals surface area contributed by atoms with E-state index in [0.717, 1.165) is 48.6 Å². The van der Waals surface area contributed by atoms with Gasteiger partial charge in [-0.25, -0.2) is 4.68 Å². The number of halogens is 1. The topological polar surface area (TPSA) is 81.1 Å². The first-order chi connectivity index (χ1) is 14.2. The highest BCUT2D eigenvalue weighted by molar-refractivity contribution is 5.91. The van der Waals surface area contributed by atoms with E-state index in [-0.39, 0.29) is 18.3 Å². The average Bonchev–Trinajstić information content (AvgIpc) is 3.25. The van der Waals surface area contributed by atoms with Gasteiger partial charge in [0, 0.05) is 12.1 Å². The molecule has 158 valence electrons. The lowest BCUT2D eigenvalue weighted by atomic mass is 10.1. The van der Waals surface area contributed by atoms with Gasteiger partial charge in [0.2, 0.25) is 0 Å². The van der Waals surface area contributed by atoms with Gasteiger partial charge < -0.3 is 15.4 Å². The number of carbonyl (C=O) groups is 1. The lowest BCUT2D eigenvalue weighted by Crippen LogP contribution is -2.29. The van der Waals surface area contributed by atoms with Crippen LogP contribution in [0.1, 0.15) is 40.5 Å². The molecule has 7 nitrogen and oxygen atoms in total. The Hall–Kier alpha value is -2.90. The van der Waals surface area contributed by atoms with Crippen molar-refractivity contribution >= 4 is 18.3 Å². The third-order valence-corrected chi connectivity index (χ3v) is 5.06. The number of para-hydroxylation sites is 1. The van der Waals surface area contributed by atoms with Crippen molar-refractivity contribution in [2.75, 3.05) is 13.1 Å². The van der Waals surface area contributed by atoms with Crippen molar-refractivity contribution in [3.8, 4) is 11.5 Å². The summed E-state index contributed by atoms with van der Waals surface area (Å²) in [5.74, 6) is 1.25. The predicted molar refractivity (Wildman–Crippen MR) is 117 cm³/mol. The minimum atomic E-state index is -0.239. The van der Waals surface area contributed by atoms with Crippen LogP contribution in [0.5, 0.6) is 11.5 Å². The summed E-state index contributed by atoms with van der Waals surface area (Å²) in [6.45, 7) is 4.29. The van der Waals surface area contributed by atoms with Crippen LogP contribution in [0.25, 0.3) is 0 Å². The molecule has 4 rings (SSSR count). The number of amides is 1. The van der Waals surface area contributed by atoms with Crippen LogP contribution in [0.3, 0.4) is 0 Å². The Balaban J connectivity index is 0.00000256. The van der Waals surface area contributed by atoms with Gasteiger partial charge >= 0.3 is 0 Å². The predicted octanol–water partition coefficient (Wildman–Crippen LogP) is 3.66. The van der Waals surface area contributed by atoms with E-state index in [1.54, 1.807) is 6.20 Å². The van der Waals surface area contributed by atoms with Gasteiger partial charge in [0.25, 0.3) is 5.91 Å². The standard InChI is InChI=1S/C22H25N5O2.ClH/c1-16-7-8-17(21(13-16)29-19-5-3-2-4-6-19)14-24-22(28)20-15-27(26-25-20)18-9-11-23-12-10-18;/h2-8,13,15,18,23H,9-12,14H2,1H3,(H,24,28);1H. The summed E-state index contributed by atoms with van der Waals surface area (Å²) in [6.07, 6.45) is 3.73. The first kappa shape index (κ1) is 21.8. The number of hydrogen-bond donors (Lipinski definition) is 2. The van der Waals surface area contributed by atoms with Crippen molar-refractivity contribution in [2.45, 2.75) is 32.4 Å². The van der Waals surface area contributed by atoms with Crippen LogP contribution < -0.4 is 15.4 Å². The van der Waals surface area contributed by atoms with Gasteiger partial charge in [-0.15, -0.1) is 17.5 Å². The SMILES string of the molecule is Cc1ccc(CNC(=O)c2cn(C3CCNCC3)nn2)c(Oc2ccccc2)c1.Cl. The Bertz CT molecular complexity index is 971. The maximum atomic E-state index is 12.6. The van der Waals surface area contributed by atoms with E-state index in [9.17, 15) is 4.79 Å². The molecule has 2 N–H and O–H groups in total. The quantitative estimate of drug-likeness (QED) is 0.627. The number of nitrogens with one attached hydrogen (secondary N) is 2. The van der Waals surface area contributed by atoms with Gasteiger partial charge in [0.1, 0.15) is 11.5 Å². The lowest BCUT2D eigenvalue weighted by Gasteiger charge is -2.22. The summed E-state index contributed by atoms with van der Waals surface area (Å²) in [5, 5.41) is 14.5. The number of aromatic nitrogens is 3. The van der Waals surface area contributed by atoms with E-state index in [4.69, 9.17) is 4.74 Å². The number of rotatable bonds is 6. The van der Waals surface area contributed by atoms with Gasteiger partial charge in [-0.1, -0.05) is 35.5 Å². The zero-order valence-corrected chi connectivity index (χ0v) is 17.7. The van der Waals surface area contributed by atoms with E-state index in [1.165, 1.54) is 0 Å². The average molecular weight is 428 g/mol. The number of piperidine rings is 1. The number of nitrogens with zero attached hydrogens (tertiary/aromatic N) is 3. The molecule has 1 aromatic heterocycles. The highest BCUT2D eigenvalue weighted by Gasteiger charge is 2.19. The molecule has 1 fully saturated rings. The number of benzene rings is 2. The zero-order chi connectivity index (χ0) is 20.1. The van der Waals surface area contributed by atoms with Crippen molar-refractivity contribution in [3.05, 3.63) is 71.5 Å². The third kappa shape index (κ3) is 5.37. The minimum absolute atomic E-state index is 0. The van der Waals surface area contributed by atoms with Crippen LogP contribution in [0.15, 0.2) is 54.7 Å². The van der Waals surface area contributed by atoms with Gasteiger partial charge in [0.05, 0.1) is 12.2 Å². The first-order valence-corrected chi connectivity index (χ1v) is 9.92. The van der Waals surface area contributed by atoms with Gasteiger partial charge in [-0.2, -0.15) is 0 Å². The van der Waals surface area contributed by atoms with Gasteiger partial charge in [-0.3, -0.25) is 4.79 Å². The molecule has 1 saturated heterocycles. The molecule has 0 atom stereocenters. The Morgan fingerprint density at radius 2 is 1.97 bits per heavy atom. The summed E-state index contributed by atoms with van der Waals surface area (Å²) < 4.78 is 7.83. The second-order valence-corrected chi connectivity index (χ2v) is 7.27. The Morgan fingerprint density at radius 1 is 1.20 bits per heavy atom. The summed E-state index contributed by atoms with van der Waals surface area (Å²) in [4.78, 5) is 12.6. The zero-order valence-electron chi connectivity index (χ0n) is 16.9.